The first-order valence-corrected chi connectivity index (χ1v) is 7.09. The van der Waals surface area contributed by atoms with E-state index in [1.54, 1.807) is 0 Å². The Balaban J connectivity index is 1.95. The number of benzene rings is 1. The monoisotopic (exact) mass is 285 g/mol. The number of anilines is 3. The molecule has 0 radical (unpaired) electrons. The van der Waals surface area contributed by atoms with Crippen molar-refractivity contribution in [2.24, 2.45) is 5.84 Å². The predicted molar refractivity (Wildman–Crippen MR) is 82.3 cm³/mol. The zero-order chi connectivity index (χ0) is 14.7. The topological polar surface area (TPSA) is 76.3 Å². The van der Waals surface area contributed by atoms with E-state index in [0.717, 1.165) is 18.8 Å². The molecule has 6 nitrogen and oxygen atoms in total. The summed E-state index contributed by atoms with van der Waals surface area (Å²) in [6.45, 7) is 3.87. The largest absolute Gasteiger partial charge is 0.374 e. The number of hydrazine groups is 1. The smallest absolute Gasteiger partial charge is 0.158 e. The Labute approximate surface area is 123 Å². The summed E-state index contributed by atoms with van der Waals surface area (Å²) in [7, 11) is 0. The Morgan fingerprint density at radius 3 is 3.00 bits per heavy atom. The maximum atomic E-state index is 5.51. The number of fused-ring (bicyclic) bond motifs is 1. The van der Waals surface area contributed by atoms with Gasteiger partial charge in [0.1, 0.15) is 18.2 Å². The molecular weight excluding hydrogens is 266 g/mol. The van der Waals surface area contributed by atoms with Crippen LogP contribution in [-0.2, 0) is 17.8 Å². The van der Waals surface area contributed by atoms with Crippen LogP contribution in [0.25, 0.3) is 0 Å². The van der Waals surface area contributed by atoms with Crippen molar-refractivity contribution in [3.63, 3.8) is 0 Å². The third-order valence-corrected chi connectivity index (χ3v) is 3.51. The van der Waals surface area contributed by atoms with Gasteiger partial charge in [0.2, 0.25) is 0 Å². The molecule has 0 bridgehead atoms. The third-order valence-electron chi connectivity index (χ3n) is 3.51. The van der Waals surface area contributed by atoms with Gasteiger partial charge in [-0.05, 0) is 25.0 Å². The molecule has 21 heavy (non-hydrogen) atoms. The Morgan fingerprint density at radius 1 is 1.33 bits per heavy atom. The molecule has 3 N–H and O–H groups in total. The number of nitrogen functional groups attached to an aromatic ring is 1. The Bertz CT molecular complexity index is 631. The lowest BCUT2D eigenvalue weighted by Gasteiger charge is -2.19. The molecule has 0 saturated carbocycles. The molecule has 6 heteroatoms. The summed E-state index contributed by atoms with van der Waals surface area (Å²) < 4.78 is 5.39. The summed E-state index contributed by atoms with van der Waals surface area (Å²) in [5, 5.41) is 0. The minimum atomic E-state index is 0.383. The van der Waals surface area contributed by atoms with E-state index in [1.165, 1.54) is 11.3 Å². The van der Waals surface area contributed by atoms with Gasteiger partial charge in [0.05, 0.1) is 0 Å². The third kappa shape index (κ3) is 2.81. The minimum Gasteiger partial charge on any atom is -0.374 e. The van der Waals surface area contributed by atoms with Gasteiger partial charge in [-0.25, -0.2) is 15.8 Å². The van der Waals surface area contributed by atoms with Gasteiger partial charge < -0.3 is 15.1 Å². The minimum absolute atomic E-state index is 0.383. The van der Waals surface area contributed by atoms with Crippen LogP contribution < -0.4 is 16.2 Å². The first-order valence-electron chi connectivity index (χ1n) is 7.09. The highest BCUT2D eigenvalue weighted by molar-refractivity contribution is 5.68. The Morgan fingerprint density at radius 2 is 2.19 bits per heavy atom. The first kappa shape index (κ1) is 13.8. The van der Waals surface area contributed by atoms with Crippen molar-refractivity contribution in [3.05, 3.63) is 41.7 Å². The van der Waals surface area contributed by atoms with Crippen LogP contribution in [0, 0.1) is 0 Å². The zero-order valence-corrected chi connectivity index (χ0v) is 12.0. The van der Waals surface area contributed by atoms with Crippen LogP contribution in [-0.4, -0.2) is 23.1 Å². The molecule has 1 aliphatic heterocycles. The van der Waals surface area contributed by atoms with E-state index in [0.29, 0.717) is 24.9 Å². The van der Waals surface area contributed by atoms with Crippen LogP contribution in [0.2, 0.25) is 0 Å². The second-order valence-electron chi connectivity index (χ2n) is 4.84. The summed E-state index contributed by atoms with van der Waals surface area (Å²) in [5.41, 5.74) is 5.13. The molecule has 0 atom stereocenters. The number of aromatic nitrogens is 2. The molecule has 0 spiro atoms. The van der Waals surface area contributed by atoms with E-state index in [1.807, 2.05) is 19.1 Å². The molecule has 1 aliphatic rings. The van der Waals surface area contributed by atoms with E-state index in [-0.39, 0.29) is 0 Å². The fraction of sp³-hybridized carbons (Fsp3) is 0.333. The molecule has 0 fully saturated rings. The van der Waals surface area contributed by atoms with Crippen molar-refractivity contribution in [2.45, 2.75) is 20.0 Å². The van der Waals surface area contributed by atoms with E-state index >= 15 is 0 Å². The fourth-order valence-electron chi connectivity index (χ4n) is 2.53. The van der Waals surface area contributed by atoms with Gasteiger partial charge in [0, 0.05) is 24.9 Å². The van der Waals surface area contributed by atoms with Gasteiger partial charge in [-0.2, -0.15) is 0 Å². The molecule has 0 aliphatic carbocycles. The number of ether oxygens (including phenoxy) is 1. The van der Waals surface area contributed by atoms with Gasteiger partial charge in [-0.3, -0.25) is 0 Å². The summed E-state index contributed by atoms with van der Waals surface area (Å²) >= 11 is 0. The van der Waals surface area contributed by atoms with Gasteiger partial charge in [0.25, 0.3) is 0 Å². The summed E-state index contributed by atoms with van der Waals surface area (Å²) in [4.78, 5) is 11.1. The molecule has 0 saturated heterocycles. The lowest BCUT2D eigenvalue weighted by molar-refractivity contribution is 0.128. The summed E-state index contributed by atoms with van der Waals surface area (Å²) in [5.74, 6) is 7.58. The second-order valence-corrected chi connectivity index (χ2v) is 4.84. The van der Waals surface area contributed by atoms with Gasteiger partial charge >= 0.3 is 0 Å². The molecule has 1 aromatic heterocycles. The number of rotatable bonds is 5. The normalized spacial score (nSPS) is 13.3. The number of hydrogen-bond acceptors (Lipinski definition) is 6. The zero-order valence-electron chi connectivity index (χ0n) is 12.0. The standard InChI is InChI=1S/C15H19N5O/c1-2-21-10-14-17-13(19-16)9-15(18-14)20-8-7-11-5-3-4-6-12(11)20/h3-6,9H,2,7-8,10,16H2,1H3,(H,17,18,19). The van der Waals surface area contributed by atoms with E-state index in [4.69, 9.17) is 10.6 Å². The van der Waals surface area contributed by atoms with Gasteiger partial charge in [-0.15, -0.1) is 0 Å². The van der Waals surface area contributed by atoms with Crippen molar-refractivity contribution < 1.29 is 4.74 Å². The second kappa shape index (κ2) is 6.07. The number of nitrogens with zero attached hydrogens (tertiary/aromatic N) is 3. The maximum absolute atomic E-state index is 5.51. The van der Waals surface area contributed by atoms with Crippen molar-refractivity contribution >= 4 is 17.3 Å². The Kier molecular flexibility index (Phi) is 3.98. The predicted octanol–water partition coefficient (Wildman–Crippen LogP) is 1.99. The highest BCUT2D eigenvalue weighted by Gasteiger charge is 2.21. The average Bonchev–Trinajstić information content (AvgIpc) is 2.96. The molecule has 3 rings (SSSR count). The maximum Gasteiger partial charge on any atom is 0.158 e. The van der Waals surface area contributed by atoms with Crippen LogP contribution in [0.5, 0.6) is 0 Å². The van der Waals surface area contributed by atoms with E-state index < -0.39 is 0 Å². The molecule has 110 valence electrons. The van der Waals surface area contributed by atoms with Gasteiger partial charge in [-0.1, -0.05) is 18.2 Å². The van der Waals surface area contributed by atoms with Crippen molar-refractivity contribution in [1.29, 1.82) is 0 Å². The van der Waals surface area contributed by atoms with Gasteiger partial charge in [0.15, 0.2) is 5.82 Å². The van der Waals surface area contributed by atoms with Crippen molar-refractivity contribution in [1.82, 2.24) is 9.97 Å². The fourth-order valence-corrected chi connectivity index (χ4v) is 2.53. The molecule has 1 aromatic carbocycles. The van der Waals surface area contributed by atoms with Crippen molar-refractivity contribution in [3.8, 4) is 0 Å². The van der Waals surface area contributed by atoms with Crippen LogP contribution in [0.4, 0.5) is 17.3 Å². The number of nitrogens with two attached hydrogens (primary N) is 1. The van der Waals surface area contributed by atoms with Crippen LogP contribution in [0.3, 0.4) is 0 Å². The lowest BCUT2D eigenvalue weighted by atomic mass is 10.2. The molecule has 0 amide bonds. The first-order chi connectivity index (χ1) is 10.3. The summed E-state index contributed by atoms with van der Waals surface area (Å²) in [6.07, 6.45) is 1.02. The molecule has 2 aromatic rings. The quantitative estimate of drug-likeness (QED) is 0.646. The van der Waals surface area contributed by atoms with Crippen LogP contribution >= 0.6 is 0 Å². The summed E-state index contributed by atoms with van der Waals surface area (Å²) in [6, 6.07) is 10.2. The molecular formula is C15H19N5O. The number of hydrogen-bond donors (Lipinski definition) is 2. The van der Waals surface area contributed by atoms with E-state index in [2.05, 4.69) is 38.5 Å². The number of para-hydroxylation sites is 1. The highest BCUT2D eigenvalue weighted by Crippen LogP contribution is 2.33. The Hall–Kier alpha value is -2.18. The highest BCUT2D eigenvalue weighted by atomic mass is 16.5. The SMILES string of the molecule is CCOCc1nc(NN)cc(N2CCc3ccccc32)n1. The van der Waals surface area contributed by atoms with E-state index in [9.17, 15) is 0 Å². The average molecular weight is 285 g/mol. The number of nitrogens with one attached hydrogen (secondary N) is 1. The molecule has 2 heterocycles. The van der Waals surface area contributed by atoms with Crippen LogP contribution in [0.15, 0.2) is 30.3 Å². The van der Waals surface area contributed by atoms with Crippen molar-refractivity contribution in [2.75, 3.05) is 23.5 Å². The molecule has 0 unspecified atom stereocenters. The lowest BCUT2D eigenvalue weighted by Crippen LogP contribution is -2.18. The van der Waals surface area contributed by atoms with Crippen LogP contribution in [0.1, 0.15) is 18.3 Å².